The number of nitrogens with zero attached hydrogens (tertiary/aromatic N) is 2. The van der Waals surface area contributed by atoms with Gasteiger partial charge in [-0.15, -0.1) is 11.6 Å². The summed E-state index contributed by atoms with van der Waals surface area (Å²) in [5.41, 5.74) is 2.08. The summed E-state index contributed by atoms with van der Waals surface area (Å²) in [5, 5.41) is 0.717. The Bertz CT molecular complexity index is 593. The Labute approximate surface area is 129 Å². The second-order valence-electron chi connectivity index (χ2n) is 5.79. The first kappa shape index (κ1) is 15.6. The number of alkyl halides is 1. The molecule has 0 aliphatic rings. The quantitative estimate of drug-likeness (QED) is 0.734. The first-order chi connectivity index (χ1) is 9.46. The van der Waals surface area contributed by atoms with Crippen LogP contribution < -0.4 is 0 Å². The third-order valence-electron chi connectivity index (χ3n) is 3.48. The molecule has 0 fully saturated rings. The number of fused-ring (bicyclic) bond motifs is 1. The Morgan fingerprint density at radius 1 is 1.35 bits per heavy atom. The summed E-state index contributed by atoms with van der Waals surface area (Å²) in [4.78, 5) is 4.58. The molecule has 1 aromatic heterocycles. The van der Waals surface area contributed by atoms with Gasteiger partial charge in [-0.2, -0.15) is 0 Å². The fourth-order valence-corrected chi connectivity index (χ4v) is 2.68. The van der Waals surface area contributed by atoms with Gasteiger partial charge in [-0.25, -0.2) is 4.98 Å². The molecule has 3 nitrogen and oxygen atoms in total. The molecule has 0 spiro atoms. The molecule has 0 aliphatic heterocycles. The van der Waals surface area contributed by atoms with E-state index in [-0.39, 0.29) is 5.41 Å². The summed E-state index contributed by atoms with van der Waals surface area (Å²) in [6, 6.07) is 5.74. The van der Waals surface area contributed by atoms with Crippen molar-refractivity contribution in [1.82, 2.24) is 9.55 Å². The maximum absolute atomic E-state index is 6.10. The first-order valence-corrected chi connectivity index (χ1v) is 7.58. The molecule has 0 aliphatic carbocycles. The van der Waals surface area contributed by atoms with E-state index in [4.69, 9.17) is 27.9 Å². The number of halogens is 2. The molecular formula is C15H20Cl2N2O. The monoisotopic (exact) mass is 314 g/mol. The highest BCUT2D eigenvalue weighted by Crippen LogP contribution is 2.28. The lowest BCUT2D eigenvalue weighted by Crippen LogP contribution is -2.22. The van der Waals surface area contributed by atoms with E-state index < -0.39 is 0 Å². The van der Waals surface area contributed by atoms with Gasteiger partial charge in [-0.05, 0) is 30.0 Å². The van der Waals surface area contributed by atoms with Crippen LogP contribution in [0.4, 0.5) is 0 Å². The van der Waals surface area contributed by atoms with Gasteiger partial charge in [0, 0.05) is 25.3 Å². The lowest BCUT2D eigenvalue weighted by Gasteiger charge is -2.26. The van der Waals surface area contributed by atoms with Crippen LogP contribution in [0.25, 0.3) is 11.0 Å². The lowest BCUT2D eigenvalue weighted by atomic mass is 9.89. The van der Waals surface area contributed by atoms with Crippen molar-refractivity contribution < 1.29 is 4.74 Å². The number of hydrogen-bond donors (Lipinski definition) is 0. The van der Waals surface area contributed by atoms with Crippen molar-refractivity contribution in [1.29, 1.82) is 0 Å². The van der Waals surface area contributed by atoms with Gasteiger partial charge in [0.05, 0.1) is 16.9 Å². The van der Waals surface area contributed by atoms with Gasteiger partial charge in [0.1, 0.15) is 5.82 Å². The molecule has 0 radical (unpaired) electrons. The molecule has 1 aromatic carbocycles. The van der Waals surface area contributed by atoms with E-state index in [1.807, 2.05) is 18.2 Å². The van der Waals surface area contributed by atoms with E-state index in [0.29, 0.717) is 5.88 Å². The van der Waals surface area contributed by atoms with Gasteiger partial charge in [0.25, 0.3) is 0 Å². The maximum atomic E-state index is 6.10. The molecule has 0 atom stereocenters. The summed E-state index contributed by atoms with van der Waals surface area (Å²) in [5.74, 6) is 1.28. The van der Waals surface area contributed by atoms with E-state index >= 15 is 0 Å². The van der Waals surface area contributed by atoms with E-state index in [2.05, 4.69) is 23.4 Å². The summed E-state index contributed by atoms with van der Waals surface area (Å²) >= 11 is 12.1. The Balaban J connectivity index is 2.38. The highest BCUT2D eigenvalue weighted by Gasteiger charge is 2.21. The Hall–Kier alpha value is -0.770. The second-order valence-corrected chi connectivity index (χ2v) is 6.49. The van der Waals surface area contributed by atoms with Gasteiger partial charge >= 0.3 is 0 Å². The van der Waals surface area contributed by atoms with Crippen molar-refractivity contribution in [3.8, 4) is 0 Å². The standard InChI is InChI=1S/C15H20Cl2N2O/c1-15(2,6-7-20-3)10-19-13-8-11(17)4-5-12(13)18-14(19)9-16/h4-5,8H,6-7,9-10H2,1-3H3. The molecule has 1 heterocycles. The molecule has 2 rings (SSSR count). The molecule has 2 aromatic rings. The Morgan fingerprint density at radius 3 is 2.75 bits per heavy atom. The molecule has 20 heavy (non-hydrogen) atoms. The fourth-order valence-electron chi connectivity index (χ4n) is 2.31. The average molecular weight is 315 g/mol. The number of ether oxygens (including phenoxy) is 1. The molecule has 0 bridgehead atoms. The fraction of sp³-hybridized carbons (Fsp3) is 0.533. The molecule has 0 saturated carbocycles. The molecule has 0 N–H and O–H groups in total. The van der Waals surface area contributed by atoms with Gasteiger partial charge < -0.3 is 9.30 Å². The van der Waals surface area contributed by atoms with Crippen molar-refractivity contribution in [2.75, 3.05) is 13.7 Å². The van der Waals surface area contributed by atoms with Crippen LogP contribution in [0.15, 0.2) is 18.2 Å². The summed E-state index contributed by atoms with van der Waals surface area (Å²) in [6.07, 6.45) is 0.978. The van der Waals surface area contributed by atoms with Crippen LogP contribution in [0.5, 0.6) is 0 Å². The summed E-state index contributed by atoms with van der Waals surface area (Å²) in [7, 11) is 1.73. The van der Waals surface area contributed by atoms with Crippen molar-refractivity contribution in [2.45, 2.75) is 32.7 Å². The number of imidazole rings is 1. The smallest absolute Gasteiger partial charge is 0.124 e. The van der Waals surface area contributed by atoms with Crippen LogP contribution in [0.3, 0.4) is 0 Å². The van der Waals surface area contributed by atoms with Crippen molar-refractivity contribution in [2.24, 2.45) is 5.41 Å². The zero-order valence-electron chi connectivity index (χ0n) is 12.1. The van der Waals surface area contributed by atoms with Gasteiger partial charge in [0.15, 0.2) is 0 Å². The van der Waals surface area contributed by atoms with Crippen molar-refractivity contribution in [3.63, 3.8) is 0 Å². The molecule has 0 unspecified atom stereocenters. The van der Waals surface area contributed by atoms with E-state index in [0.717, 1.165) is 41.5 Å². The molecule has 0 saturated heterocycles. The van der Waals surface area contributed by atoms with E-state index in [9.17, 15) is 0 Å². The zero-order valence-corrected chi connectivity index (χ0v) is 13.6. The second kappa shape index (κ2) is 6.33. The zero-order chi connectivity index (χ0) is 14.8. The molecule has 5 heteroatoms. The van der Waals surface area contributed by atoms with Crippen LogP contribution in [0, 0.1) is 5.41 Å². The van der Waals surface area contributed by atoms with Crippen LogP contribution >= 0.6 is 23.2 Å². The van der Waals surface area contributed by atoms with Gasteiger partial charge in [-0.3, -0.25) is 0 Å². The largest absolute Gasteiger partial charge is 0.385 e. The number of methoxy groups -OCH3 is 1. The van der Waals surface area contributed by atoms with E-state index in [1.54, 1.807) is 7.11 Å². The topological polar surface area (TPSA) is 27.1 Å². The summed E-state index contributed by atoms with van der Waals surface area (Å²) in [6.45, 7) is 6.03. The third kappa shape index (κ3) is 3.46. The minimum atomic E-state index is 0.104. The van der Waals surface area contributed by atoms with Gasteiger partial charge in [0.2, 0.25) is 0 Å². The molecule has 110 valence electrons. The summed E-state index contributed by atoms with van der Waals surface area (Å²) < 4.78 is 7.36. The maximum Gasteiger partial charge on any atom is 0.124 e. The minimum Gasteiger partial charge on any atom is -0.385 e. The predicted molar refractivity (Wildman–Crippen MR) is 84.6 cm³/mol. The Kier molecular flexibility index (Phi) is 4.95. The number of benzene rings is 1. The van der Waals surface area contributed by atoms with Gasteiger partial charge in [-0.1, -0.05) is 25.4 Å². The lowest BCUT2D eigenvalue weighted by molar-refractivity contribution is 0.143. The minimum absolute atomic E-state index is 0.104. The van der Waals surface area contributed by atoms with Crippen LogP contribution in [-0.4, -0.2) is 23.3 Å². The molecule has 0 amide bonds. The van der Waals surface area contributed by atoms with Crippen LogP contribution in [0.2, 0.25) is 5.02 Å². The predicted octanol–water partition coefficient (Wildman–Crippen LogP) is 4.49. The number of aromatic nitrogens is 2. The number of rotatable bonds is 6. The average Bonchev–Trinajstić information content (AvgIpc) is 2.73. The SMILES string of the molecule is COCCC(C)(C)Cn1c(CCl)nc2ccc(Cl)cc21. The highest BCUT2D eigenvalue weighted by molar-refractivity contribution is 6.31. The third-order valence-corrected chi connectivity index (χ3v) is 3.95. The molecular weight excluding hydrogens is 295 g/mol. The number of hydrogen-bond acceptors (Lipinski definition) is 2. The van der Waals surface area contributed by atoms with Crippen molar-refractivity contribution in [3.05, 3.63) is 29.0 Å². The van der Waals surface area contributed by atoms with Crippen LogP contribution in [-0.2, 0) is 17.2 Å². The normalized spacial score (nSPS) is 12.2. The first-order valence-electron chi connectivity index (χ1n) is 6.66. The Morgan fingerprint density at radius 2 is 2.10 bits per heavy atom. The van der Waals surface area contributed by atoms with Crippen LogP contribution in [0.1, 0.15) is 26.1 Å². The highest BCUT2D eigenvalue weighted by atomic mass is 35.5. The van der Waals surface area contributed by atoms with E-state index in [1.165, 1.54) is 0 Å². The van der Waals surface area contributed by atoms with Crippen molar-refractivity contribution >= 4 is 34.2 Å².